The predicted octanol–water partition coefficient (Wildman–Crippen LogP) is 4.10. The van der Waals surface area contributed by atoms with Crippen molar-refractivity contribution in [1.82, 2.24) is 0 Å². The monoisotopic (exact) mass is 452 g/mol. The largest absolute Gasteiger partial charge is 0.481 e. The minimum atomic E-state index is -0.981. The van der Waals surface area contributed by atoms with Crippen molar-refractivity contribution in [3.05, 3.63) is 35.9 Å². The molecule has 0 saturated carbocycles. The number of ether oxygens (including phenoxy) is 2. The number of hydrogen-bond donors (Lipinski definition) is 2. The molecule has 8 nitrogen and oxygen atoms in total. The first-order chi connectivity index (χ1) is 14.5. The second-order valence-corrected chi connectivity index (χ2v) is 9.55. The summed E-state index contributed by atoms with van der Waals surface area (Å²) >= 11 is 0. The van der Waals surface area contributed by atoms with Crippen LogP contribution in [0.3, 0.4) is 0 Å². The lowest BCUT2D eigenvalue weighted by molar-refractivity contribution is -0.160. The zero-order valence-electron chi connectivity index (χ0n) is 20.0. The molecular weight excluding hydrogens is 416 g/mol. The fourth-order valence-electron chi connectivity index (χ4n) is 2.45. The Bertz CT molecular complexity index is 756. The summed E-state index contributed by atoms with van der Waals surface area (Å²) in [4.78, 5) is 44.4. The first-order valence-electron chi connectivity index (χ1n) is 10.4. The summed E-state index contributed by atoms with van der Waals surface area (Å²) < 4.78 is 10.1. The maximum atomic E-state index is 11.7. The Morgan fingerprint density at radius 1 is 0.781 bits per heavy atom. The van der Waals surface area contributed by atoms with Gasteiger partial charge in [-0.25, -0.2) is 0 Å². The van der Waals surface area contributed by atoms with Gasteiger partial charge in [-0.15, -0.1) is 0 Å². The summed E-state index contributed by atoms with van der Waals surface area (Å²) in [5.41, 5.74) is -0.235. The van der Waals surface area contributed by atoms with Crippen LogP contribution in [-0.2, 0) is 35.1 Å². The van der Waals surface area contributed by atoms with Crippen molar-refractivity contribution >= 4 is 23.9 Å². The highest BCUT2D eigenvalue weighted by Gasteiger charge is 2.25. The molecule has 8 heteroatoms. The van der Waals surface area contributed by atoms with E-state index in [1.165, 1.54) is 6.92 Å². The molecule has 2 N–H and O–H groups in total. The molecule has 0 spiro atoms. The van der Waals surface area contributed by atoms with Crippen LogP contribution in [0, 0.1) is 11.8 Å². The topological polar surface area (TPSA) is 127 Å². The average Bonchev–Trinajstić information content (AvgIpc) is 2.59. The van der Waals surface area contributed by atoms with Gasteiger partial charge in [0.2, 0.25) is 0 Å². The van der Waals surface area contributed by atoms with Crippen LogP contribution in [-0.4, -0.2) is 45.3 Å². The highest BCUT2D eigenvalue weighted by molar-refractivity contribution is 5.79. The van der Waals surface area contributed by atoms with E-state index in [1.807, 2.05) is 30.3 Å². The number of aliphatic carboxylic acids is 2. The minimum absolute atomic E-state index is 0.0768. The molecule has 0 saturated heterocycles. The number of carboxylic acids is 2. The van der Waals surface area contributed by atoms with Crippen molar-refractivity contribution in [1.29, 1.82) is 0 Å². The minimum Gasteiger partial charge on any atom is -0.481 e. The Kier molecular flexibility index (Phi) is 11.7. The number of esters is 2. The van der Waals surface area contributed by atoms with Crippen LogP contribution in [0.15, 0.2) is 30.3 Å². The molecule has 0 radical (unpaired) electrons. The van der Waals surface area contributed by atoms with Crippen LogP contribution in [0.5, 0.6) is 0 Å². The van der Waals surface area contributed by atoms with Gasteiger partial charge in [0, 0.05) is 0 Å². The number of carboxylic acid groups (broad SMARTS) is 2. The Balaban J connectivity index is 0.000000649. The molecule has 0 aromatic heterocycles. The first-order valence-corrected chi connectivity index (χ1v) is 10.4. The van der Waals surface area contributed by atoms with Crippen LogP contribution in [0.4, 0.5) is 0 Å². The molecule has 2 atom stereocenters. The van der Waals surface area contributed by atoms with Gasteiger partial charge in [-0.1, -0.05) is 37.3 Å². The number of carbonyl (C=O) groups excluding carboxylic acids is 2. The molecule has 0 aliphatic heterocycles. The van der Waals surface area contributed by atoms with E-state index in [4.69, 9.17) is 14.6 Å². The third-order valence-corrected chi connectivity index (χ3v) is 3.82. The Hall–Kier alpha value is -2.90. The van der Waals surface area contributed by atoms with E-state index in [0.717, 1.165) is 5.56 Å². The molecule has 0 amide bonds. The van der Waals surface area contributed by atoms with Crippen molar-refractivity contribution in [2.45, 2.75) is 78.9 Å². The van der Waals surface area contributed by atoms with Crippen molar-refractivity contribution < 1.29 is 38.9 Å². The highest BCUT2D eigenvalue weighted by atomic mass is 16.6. The van der Waals surface area contributed by atoms with Crippen LogP contribution in [0.25, 0.3) is 0 Å². The standard InChI is InChI=1S/C15H20O4.C9H16O4/c1-15(2,3)19-13(16)10-12(14(17)18)9-11-7-5-4-6-8-11;1-6(8(11)12)5-7(10)13-9(2,3)4/h4-8,12H,9-10H2,1-3H3,(H,17,18);6H,5H2,1-4H3,(H,11,12)/t12-;6-/m00/s1. The van der Waals surface area contributed by atoms with Crippen molar-refractivity contribution in [2.75, 3.05) is 0 Å². The van der Waals surface area contributed by atoms with Gasteiger partial charge in [0.25, 0.3) is 0 Å². The lowest BCUT2D eigenvalue weighted by atomic mass is 9.96. The van der Waals surface area contributed by atoms with Crippen molar-refractivity contribution in [2.24, 2.45) is 11.8 Å². The molecule has 1 aromatic carbocycles. The Morgan fingerprint density at radius 3 is 1.59 bits per heavy atom. The zero-order valence-corrected chi connectivity index (χ0v) is 20.0. The first kappa shape index (κ1) is 29.1. The normalized spacial score (nSPS) is 13.1. The summed E-state index contributed by atoms with van der Waals surface area (Å²) in [5, 5.41) is 17.7. The molecular formula is C24H36O8. The molecule has 0 unspecified atom stereocenters. The highest BCUT2D eigenvalue weighted by Crippen LogP contribution is 2.16. The quantitative estimate of drug-likeness (QED) is 0.564. The average molecular weight is 453 g/mol. The summed E-state index contributed by atoms with van der Waals surface area (Å²) in [6.07, 6.45) is 0.142. The van der Waals surface area contributed by atoms with Crippen LogP contribution in [0.1, 0.15) is 66.9 Å². The molecule has 0 heterocycles. The van der Waals surface area contributed by atoms with E-state index in [9.17, 15) is 24.3 Å². The Morgan fingerprint density at radius 2 is 1.22 bits per heavy atom. The molecule has 0 fully saturated rings. The number of carbonyl (C=O) groups is 4. The van der Waals surface area contributed by atoms with E-state index in [2.05, 4.69) is 0 Å². The lowest BCUT2D eigenvalue weighted by Gasteiger charge is -2.21. The van der Waals surface area contributed by atoms with E-state index in [0.29, 0.717) is 6.42 Å². The fraction of sp³-hybridized carbons (Fsp3) is 0.583. The smallest absolute Gasteiger partial charge is 0.307 e. The predicted molar refractivity (Wildman–Crippen MR) is 119 cm³/mol. The van der Waals surface area contributed by atoms with E-state index >= 15 is 0 Å². The zero-order chi connectivity index (χ0) is 25.1. The van der Waals surface area contributed by atoms with Gasteiger partial charge in [0.1, 0.15) is 11.2 Å². The SMILES string of the molecule is CC(C)(C)OC(=O)C[C@H](Cc1ccccc1)C(=O)O.C[C@@H](CC(=O)OC(C)(C)C)C(=O)O. The van der Waals surface area contributed by atoms with Crippen LogP contribution in [0.2, 0.25) is 0 Å². The molecule has 32 heavy (non-hydrogen) atoms. The summed E-state index contributed by atoms with van der Waals surface area (Å²) in [6, 6.07) is 9.27. The Labute approximate surface area is 189 Å². The van der Waals surface area contributed by atoms with Gasteiger partial charge in [-0.05, 0) is 53.5 Å². The van der Waals surface area contributed by atoms with Crippen molar-refractivity contribution in [3.8, 4) is 0 Å². The molecule has 1 rings (SSSR count). The van der Waals surface area contributed by atoms with Gasteiger partial charge in [-0.2, -0.15) is 0 Å². The maximum Gasteiger partial charge on any atom is 0.307 e. The summed E-state index contributed by atoms with van der Waals surface area (Å²) in [6.45, 7) is 12.0. The van der Waals surface area contributed by atoms with Crippen LogP contribution >= 0.6 is 0 Å². The molecule has 0 aliphatic rings. The molecule has 180 valence electrons. The number of rotatable bonds is 8. The molecule has 1 aromatic rings. The molecule has 0 aliphatic carbocycles. The van der Waals surface area contributed by atoms with Crippen LogP contribution < -0.4 is 0 Å². The van der Waals surface area contributed by atoms with Crippen molar-refractivity contribution in [3.63, 3.8) is 0 Å². The molecule has 0 bridgehead atoms. The second kappa shape index (κ2) is 12.8. The van der Waals surface area contributed by atoms with Gasteiger partial charge in [-0.3, -0.25) is 19.2 Å². The van der Waals surface area contributed by atoms with Gasteiger partial charge >= 0.3 is 23.9 Å². The maximum absolute atomic E-state index is 11.7. The van der Waals surface area contributed by atoms with Gasteiger partial charge in [0.05, 0.1) is 24.7 Å². The number of benzene rings is 1. The lowest BCUT2D eigenvalue weighted by Crippen LogP contribution is -2.28. The van der Waals surface area contributed by atoms with Gasteiger partial charge in [0.15, 0.2) is 0 Å². The summed E-state index contributed by atoms with van der Waals surface area (Å²) in [5.74, 6) is -4.34. The third-order valence-electron chi connectivity index (χ3n) is 3.82. The third kappa shape index (κ3) is 15.0. The van der Waals surface area contributed by atoms with E-state index < -0.39 is 46.9 Å². The van der Waals surface area contributed by atoms with E-state index in [-0.39, 0.29) is 12.8 Å². The summed E-state index contributed by atoms with van der Waals surface area (Å²) in [7, 11) is 0. The second-order valence-electron chi connectivity index (χ2n) is 9.55. The number of hydrogen-bond acceptors (Lipinski definition) is 6. The fourth-order valence-corrected chi connectivity index (χ4v) is 2.45. The van der Waals surface area contributed by atoms with E-state index in [1.54, 1.807) is 41.5 Å². The van der Waals surface area contributed by atoms with Gasteiger partial charge < -0.3 is 19.7 Å².